The summed E-state index contributed by atoms with van der Waals surface area (Å²) in [6.07, 6.45) is 1.01. The van der Waals surface area contributed by atoms with E-state index in [2.05, 4.69) is 19.2 Å². The maximum atomic E-state index is 6.36. The number of halogens is 1. The molecule has 1 N–H and O–H groups in total. The zero-order valence-corrected chi connectivity index (χ0v) is 14.3. The molecule has 0 amide bonds. The molecular weight excluding hydrogens is 290 g/mol. The van der Waals surface area contributed by atoms with Crippen LogP contribution in [0, 0.1) is 5.41 Å². The van der Waals surface area contributed by atoms with Crippen molar-refractivity contribution in [2.45, 2.75) is 26.8 Å². The van der Waals surface area contributed by atoms with E-state index in [4.69, 9.17) is 25.8 Å². The molecule has 120 valence electrons. The van der Waals surface area contributed by atoms with Gasteiger partial charge in [0.25, 0.3) is 0 Å². The fourth-order valence-electron chi connectivity index (χ4n) is 2.07. The zero-order valence-electron chi connectivity index (χ0n) is 13.6. The van der Waals surface area contributed by atoms with Gasteiger partial charge in [-0.15, -0.1) is 0 Å². The van der Waals surface area contributed by atoms with Gasteiger partial charge in [-0.3, -0.25) is 0 Å². The van der Waals surface area contributed by atoms with E-state index in [1.807, 2.05) is 12.1 Å². The Hall–Kier alpha value is -0.970. The fourth-order valence-corrected chi connectivity index (χ4v) is 2.37. The highest BCUT2D eigenvalue weighted by Crippen LogP contribution is 2.37. The third kappa shape index (κ3) is 5.38. The summed E-state index contributed by atoms with van der Waals surface area (Å²) in [5, 5.41) is 4.04. The lowest BCUT2D eigenvalue weighted by Crippen LogP contribution is -2.30. The minimum Gasteiger partial charge on any atom is -0.493 e. The van der Waals surface area contributed by atoms with E-state index in [0.29, 0.717) is 23.1 Å². The van der Waals surface area contributed by atoms with Gasteiger partial charge < -0.3 is 19.5 Å². The van der Waals surface area contributed by atoms with Crippen LogP contribution < -0.4 is 14.8 Å². The summed E-state index contributed by atoms with van der Waals surface area (Å²) in [4.78, 5) is 0. The van der Waals surface area contributed by atoms with Crippen molar-refractivity contribution in [3.05, 3.63) is 22.7 Å². The predicted molar refractivity (Wildman–Crippen MR) is 86.5 cm³/mol. The van der Waals surface area contributed by atoms with Gasteiger partial charge in [-0.2, -0.15) is 0 Å². The molecule has 1 aromatic carbocycles. The maximum absolute atomic E-state index is 6.36. The number of hydrogen-bond donors (Lipinski definition) is 1. The summed E-state index contributed by atoms with van der Waals surface area (Å²) in [5.74, 6) is 1.23. The molecule has 1 aromatic rings. The quantitative estimate of drug-likeness (QED) is 0.757. The summed E-state index contributed by atoms with van der Waals surface area (Å²) in [6.45, 7) is 6.78. The lowest BCUT2D eigenvalue weighted by Gasteiger charge is -2.25. The van der Waals surface area contributed by atoms with E-state index in [-0.39, 0.29) is 5.41 Å². The van der Waals surface area contributed by atoms with Crippen molar-refractivity contribution in [2.24, 2.45) is 5.41 Å². The molecule has 1 rings (SSSR count). The maximum Gasteiger partial charge on any atom is 0.179 e. The van der Waals surface area contributed by atoms with Crippen LogP contribution in [0.2, 0.25) is 5.02 Å². The van der Waals surface area contributed by atoms with Gasteiger partial charge in [0.05, 0.1) is 19.2 Å². The molecule has 0 aromatic heterocycles. The number of hydrogen-bond acceptors (Lipinski definition) is 4. The first-order valence-corrected chi connectivity index (χ1v) is 7.42. The molecule has 0 aliphatic heterocycles. The van der Waals surface area contributed by atoms with Gasteiger partial charge >= 0.3 is 0 Å². The molecule has 0 aliphatic carbocycles. The molecule has 0 aliphatic rings. The molecule has 0 saturated heterocycles. The monoisotopic (exact) mass is 315 g/mol. The van der Waals surface area contributed by atoms with E-state index in [1.165, 1.54) is 0 Å². The highest BCUT2D eigenvalue weighted by Gasteiger charge is 2.18. The van der Waals surface area contributed by atoms with Crippen LogP contribution in [0.4, 0.5) is 0 Å². The minimum atomic E-state index is 0.180. The second-order valence-corrected chi connectivity index (χ2v) is 6.16. The van der Waals surface area contributed by atoms with Crippen molar-refractivity contribution in [2.75, 3.05) is 34.5 Å². The Morgan fingerprint density at radius 3 is 2.43 bits per heavy atom. The lowest BCUT2D eigenvalue weighted by atomic mass is 9.89. The third-order valence-electron chi connectivity index (χ3n) is 3.47. The molecule has 0 unspecified atom stereocenters. The number of rotatable bonds is 9. The first-order chi connectivity index (χ1) is 9.95. The van der Waals surface area contributed by atoms with Crippen LogP contribution in [-0.4, -0.2) is 34.5 Å². The Bertz CT molecular complexity index is 449. The van der Waals surface area contributed by atoms with Gasteiger partial charge in [0.1, 0.15) is 0 Å². The Morgan fingerprint density at radius 1 is 1.14 bits per heavy atom. The molecule has 0 atom stereocenters. The Kier molecular flexibility index (Phi) is 7.29. The van der Waals surface area contributed by atoms with E-state index >= 15 is 0 Å². The van der Waals surface area contributed by atoms with Crippen molar-refractivity contribution in [1.29, 1.82) is 0 Å². The van der Waals surface area contributed by atoms with Crippen LogP contribution in [0.15, 0.2) is 12.1 Å². The van der Waals surface area contributed by atoms with Crippen LogP contribution in [0.25, 0.3) is 0 Å². The highest BCUT2D eigenvalue weighted by atomic mass is 35.5. The average Bonchev–Trinajstić information content (AvgIpc) is 2.46. The van der Waals surface area contributed by atoms with Crippen molar-refractivity contribution in [3.8, 4) is 11.5 Å². The number of nitrogens with one attached hydrogen (secondary N) is 1. The smallest absolute Gasteiger partial charge is 0.179 e. The second-order valence-electron chi connectivity index (χ2n) is 5.78. The van der Waals surface area contributed by atoms with E-state index in [1.54, 1.807) is 21.3 Å². The largest absolute Gasteiger partial charge is 0.493 e. The first kappa shape index (κ1) is 18.1. The summed E-state index contributed by atoms with van der Waals surface area (Å²) >= 11 is 6.36. The molecule has 0 spiro atoms. The molecule has 0 saturated carbocycles. The molecular formula is C16H26ClNO3. The summed E-state index contributed by atoms with van der Waals surface area (Å²) < 4.78 is 15.7. The highest BCUT2D eigenvalue weighted by molar-refractivity contribution is 6.33. The third-order valence-corrected chi connectivity index (χ3v) is 3.88. The fraction of sp³-hybridized carbons (Fsp3) is 0.625. The second kappa shape index (κ2) is 8.47. The molecule has 0 radical (unpaired) electrons. The molecule has 0 fully saturated rings. The summed E-state index contributed by atoms with van der Waals surface area (Å²) in [5.41, 5.74) is 1.18. The average molecular weight is 316 g/mol. The van der Waals surface area contributed by atoms with Crippen LogP contribution >= 0.6 is 11.6 Å². The van der Waals surface area contributed by atoms with Crippen LogP contribution in [0.5, 0.6) is 11.5 Å². The van der Waals surface area contributed by atoms with Crippen LogP contribution in [-0.2, 0) is 11.3 Å². The van der Waals surface area contributed by atoms with Crippen molar-refractivity contribution in [1.82, 2.24) is 5.32 Å². The Morgan fingerprint density at radius 2 is 1.86 bits per heavy atom. The first-order valence-electron chi connectivity index (χ1n) is 7.04. The van der Waals surface area contributed by atoms with Gasteiger partial charge in [0.2, 0.25) is 0 Å². The number of methoxy groups -OCH3 is 3. The van der Waals surface area contributed by atoms with Crippen LogP contribution in [0.3, 0.4) is 0 Å². The van der Waals surface area contributed by atoms with Crippen molar-refractivity contribution >= 4 is 11.6 Å². The SMILES string of the molecule is COCCC(C)(C)CNCc1ccc(OC)c(OC)c1Cl. The van der Waals surface area contributed by atoms with Gasteiger partial charge in [-0.05, 0) is 23.5 Å². The molecule has 0 heterocycles. The Labute approximate surface area is 132 Å². The standard InChI is InChI=1S/C16H26ClNO3/c1-16(2,8-9-19-3)11-18-10-12-6-7-13(20-4)15(21-5)14(12)17/h6-7,18H,8-11H2,1-5H3. The number of benzene rings is 1. The van der Waals surface area contributed by atoms with E-state index in [9.17, 15) is 0 Å². The normalized spacial score (nSPS) is 11.5. The summed E-state index contributed by atoms with van der Waals surface area (Å²) in [6, 6.07) is 3.83. The lowest BCUT2D eigenvalue weighted by molar-refractivity contribution is 0.150. The van der Waals surface area contributed by atoms with Crippen LogP contribution in [0.1, 0.15) is 25.8 Å². The molecule has 4 nitrogen and oxygen atoms in total. The zero-order chi connectivity index (χ0) is 15.9. The van der Waals surface area contributed by atoms with E-state index < -0.39 is 0 Å². The van der Waals surface area contributed by atoms with Crippen molar-refractivity contribution < 1.29 is 14.2 Å². The molecule has 21 heavy (non-hydrogen) atoms. The van der Waals surface area contributed by atoms with E-state index in [0.717, 1.165) is 25.1 Å². The van der Waals surface area contributed by atoms with Gasteiger partial charge in [0, 0.05) is 26.8 Å². The molecule has 5 heteroatoms. The topological polar surface area (TPSA) is 39.7 Å². The Balaban J connectivity index is 2.64. The predicted octanol–water partition coefficient (Wildman–Crippen LogP) is 3.51. The van der Waals surface area contributed by atoms with Crippen molar-refractivity contribution in [3.63, 3.8) is 0 Å². The molecule has 0 bridgehead atoms. The minimum absolute atomic E-state index is 0.180. The van der Waals surface area contributed by atoms with Gasteiger partial charge in [0.15, 0.2) is 11.5 Å². The summed E-state index contributed by atoms with van der Waals surface area (Å²) in [7, 11) is 4.92. The number of ether oxygens (including phenoxy) is 3. The van der Waals surface area contributed by atoms with Gasteiger partial charge in [-0.25, -0.2) is 0 Å². The van der Waals surface area contributed by atoms with Gasteiger partial charge in [-0.1, -0.05) is 31.5 Å².